The van der Waals surface area contributed by atoms with Gasteiger partial charge in [0.2, 0.25) is 0 Å². The molecule has 7 nitrogen and oxygen atoms in total. The van der Waals surface area contributed by atoms with E-state index in [2.05, 4.69) is 28.1 Å². The van der Waals surface area contributed by atoms with Crippen LogP contribution >= 0.6 is 8.60 Å². The number of ether oxygens (including phenoxy) is 2. The minimum absolute atomic E-state index is 0.115. The molecule has 0 saturated heterocycles. The number of nitrogens with zero attached hydrogens (tertiary/aromatic N) is 1. The lowest BCUT2D eigenvalue weighted by Gasteiger charge is -2.24. The van der Waals surface area contributed by atoms with Crippen molar-refractivity contribution in [3.63, 3.8) is 0 Å². The standard InChI is InChI=1S/C30H63NO6P/c1-6-8-9-10-11-12-13-14-15-16-17-18-19-20-21-22-23-24-25-29(37-30(32)34-7-2)28-36-38(33)35-27-26-31(3,4)5/h29,33H,6-28H2,1-5H3/q+1. The lowest BCUT2D eigenvalue weighted by molar-refractivity contribution is -0.870. The molecule has 0 aromatic heterocycles. The van der Waals surface area contributed by atoms with Gasteiger partial charge in [-0.3, -0.25) is 0 Å². The number of hydrogen-bond donors (Lipinski definition) is 1. The Kier molecular flexibility index (Phi) is 26.4. The van der Waals surface area contributed by atoms with Crippen molar-refractivity contribution in [3.8, 4) is 0 Å². The van der Waals surface area contributed by atoms with E-state index in [9.17, 15) is 9.69 Å². The smallest absolute Gasteiger partial charge is 0.435 e. The molecule has 0 aliphatic carbocycles. The molecule has 2 atom stereocenters. The number of quaternary nitrogens is 1. The van der Waals surface area contributed by atoms with Crippen molar-refractivity contribution in [2.75, 3.05) is 47.5 Å². The molecule has 0 aromatic carbocycles. The summed E-state index contributed by atoms with van der Waals surface area (Å²) >= 11 is 0. The summed E-state index contributed by atoms with van der Waals surface area (Å²) in [4.78, 5) is 21.8. The van der Waals surface area contributed by atoms with Crippen molar-refractivity contribution in [1.29, 1.82) is 0 Å². The molecular weight excluding hydrogens is 501 g/mol. The summed E-state index contributed by atoms with van der Waals surface area (Å²) in [6, 6.07) is 0. The third-order valence-electron chi connectivity index (χ3n) is 6.74. The van der Waals surface area contributed by atoms with Crippen LogP contribution in [0.2, 0.25) is 0 Å². The Morgan fingerprint density at radius 1 is 0.711 bits per heavy atom. The average Bonchev–Trinajstić information content (AvgIpc) is 2.85. The molecule has 0 fully saturated rings. The quantitative estimate of drug-likeness (QED) is 0.0443. The van der Waals surface area contributed by atoms with Gasteiger partial charge in [-0.05, 0) is 19.8 Å². The zero-order chi connectivity index (χ0) is 28.3. The van der Waals surface area contributed by atoms with Gasteiger partial charge in [0.15, 0.2) is 0 Å². The van der Waals surface area contributed by atoms with Crippen LogP contribution in [0.15, 0.2) is 0 Å². The van der Waals surface area contributed by atoms with Crippen LogP contribution in [-0.2, 0) is 18.5 Å². The summed E-state index contributed by atoms with van der Waals surface area (Å²) in [6.45, 7) is 5.59. The van der Waals surface area contributed by atoms with Gasteiger partial charge in [-0.1, -0.05) is 116 Å². The highest BCUT2D eigenvalue weighted by Gasteiger charge is 2.19. The number of carbonyl (C=O) groups excluding carboxylic acids is 1. The van der Waals surface area contributed by atoms with Gasteiger partial charge in [0.1, 0.15) is 19.3 Å². The van der Waals surface area contributed by atoms with E-state index >= 15 is 0 Å². The van der Waals surface area contributed by atoms with Gasteiger partial charge in [-0.15, -0.1) is 0 Å². The zero-order valence-corrected chi connectivity index (χ0v) is 26.6. The third-order valence-corrected chi connectivity index (χ3v) is 7.51. The summed E-state index contributed by atoms with van der Waals surface area (Å²) in [5.41, 5.74) is 0. The molecule has 0 amide bonds. The van der Waals surface area contributed by atoms with Crippen molar-refractivity contribution in [2.45, 2.75) is 142 Å². The molecule has 0 heterocycles. The predicted molar refractivity (Wildman–Crippen MR) is 159 cm³/mol. The molecule has 8 heteroatoms. The summed E-state index contributed by atoms with van der Waals surface area (Å²) < 4.78 is 21.9. The van der Waals surface area contributed by atoms with Gasteiger partial charge in [0.25, 0.3) is 0 Å². The van der Waals surface area contributed by atoms with Crippen molar-refractivity contribution in [3.05, 3.63) is 0 Å². The van der Waals surface area contributed by atoms with E-state index in [4.69, 9.17) is 18.5 Å². The maximum atomic E-state index is 11.8. The average molecular weight is 565 g/mol. The fourth-order valence-corrected chi connectivity index (χ4v) is 4.92. The lowest BCUT2D eigenvalue weighted by Crippen LogP contribution is -2.37. The van der Waals surface area contributed by atoms with Gasteiger partial charge < -0.3 is 27.9 Å². The van der Waals surface area contributed by atoms with E-state index in [1.807, 2.05) is 0 Å². The Morgan fingerprint density at radius 3 is 1.58 bits per heavy atom. The summed E-state index contributed by atoms with van der Waals surface area (Å²) in [6.07, 6.45) is 23.6. The zero-order valence-electron chi connectivity index (χ0n) is 25.7. The monoisotopic (exact) mass is 564 g/mol. The van der Waals surface area contributed by atoms with E-state index < -0.39 is 20.9 Å². The lowest BCUT2D eigenvalue weighted by atomic mass is 10.0. The highest BCUT2D eigenvalue weighted by molar-refractivity contribution is 7.40. The molecule has 0 radical (unpaired) electrons. The highest BCUT2D eigenvalue weighted by Crippen LogP contribution is 2.33. The molecule has 0 spiro atoms. The van der Waals surface area contributed by atoms with Gasteiger partial charge in [0, 0.05) is 0 Å². The molecule has 0 aliphatic heterocycles. The van der Waals surface area contributed by atoms with Crippen LogP contribution in [0.4, 0.5) is 4.79 Å². The van der Waals surface area contributed by atoms with Crippen molar-refractivity contribution >= 4 is 14.8 Å². The molecule has 228 valence electrons. The molecule has 0 rings (SSSR count). The second-order valence-corrected chi connectivity index (χ2v) is 12.6. The normalized spacial score (nSPS) is 13.4. The molecule has 2 unspecified atom stereocenters. The van der Waals surface area contributed by atoms with Gasteiger partial charge in [-0.2, -0.15) is 0 Å². The molecule has 1 N–H and O–H groups in total. The Balaban J connectivity index is 3.76. The predicted octanol–water partition coefficient (Wildman–Crippen LogP) is 8.92. The number of unbranched alkanes of at least 4 members (excludes halogenated alkanes) is 17. The van der Waals surface area contributed by atoms with E-state index in [0.29, 0.717) is 13.0 Å². The van der Waals surface area contributed by atoms with Gasteiger partial charge >= 0.3 is 14.8 Å². The van der Waals surface area contributed by atoms with Crippen LogP contribution in [-0.4, -0.2) is 69.1 Å². The first-order chi connectivity index (χ1) is 18.3. The van der Waals surface area contributed by atoms with E-state index in [0.717, 1.165) is 23.9 Å². The number of carbonyl (C=O) groups is 1. The number of likely N-dealkylation sites (N-methyl/N-ethyl adjacent to an activating group) is 1. The Hall–Kier alpha value is -0.460. The maximum absolute atomic E-state index is 11.8. The van der Waals surface area contributed by atoms with E-state index in [-0.39, 0.29) is 13.2 Å². The van der Waals surface area contributed by atoms with Crippen LogP contribution in [0, 0.1) is 0 Å². The molecule has 38 heavy (non-hydrogen) atoms. The van der Waals surface area contributed by atoms with Crippen LogP contribution in [0.5, 0.6) is 0 Å². The summed E-state index contributed by atoms with van der Waals surface area (Å²) in [5.74, 6) is 0. The van der Waals surface area contributed by atoms with Gasteiger partial charge in [0.05, 0.1) is 34.4 Å². The minimum atomic E-state index is -1.98. The highest BCUT2D eigenvalue weighted by atomic mass is 31.2. The SMILES string of the molecule is CCCCCCCCCCCCCCCCCCCCC(COP(O)OCC[N+](C)(C)C)OC(=O)OCC. The third kappa shape index (κ3) is 28.5. The van der Waals surface area contributed by atoms with Crippen molar-refractivity contribution in [2.24, 2.45) is 0 Å². The fourth-order valence-electron chi connectivity index (χ4n) is 4.31. The van der Waals surface area contributed by atoms with Crippen LogP contribution < -0.4 is 0 Å². The Bertz CT molecular complexity index is 517. The van der Waals surface area contributed by atoms with Gasteiger partial charge in [-0.25, -0.2) is 4.79 Å². The molecule has 0 saturated carbocycles. The Labute approximate surface area is 236 Å². The molecule has 0 aromatic rings. The fraction of sp³-hybridized carbons (Fsp3) is 0.967. The van der Waals surface area contributed by atoms with Crippen LogP contribution in [0.1, 0.15) is 136 Å². The second-order valence-electron chi connectivity index (χ2n) is 11.6. The first-order valence-corrected chi connectivity index (χ1v) is 16.8. The first-order valence-electron chi connectivity index (χ1n) is 15.7. The van der Waals surface area contributed by atoms with Crippen molar-refractivity contribution < 1.29 is 32.7 Å². The van der Waals surface area contributed by atoms with Crippen molar-refractivity contribution in [1.82, 2.24) is 0 Å². The minimum Gasteiger partial charge on any atom is -0.435 e. The summed E-state index contributed by atoms with van der Waals surface area (Å²) in [5, 5.41) is 0. The first kappa shape index (κ1) is 37.5. The molecule has 0 aliphatic rings. The summed E-state index contributed by atoms with van der Waals surface area (Å²) in [7, 11) is 4.20. The molecule has 0 bridgehead atoms. The maximum Gasteiger partial charge on any atom is 0.508 e. The second kappa shape index (κ2) is 26.7. The van der Waals surface area contributed by atoms with E-state index in [1.54, 1.807) is 6.92 Å². The molecular formula is C30H63NO6P+. The van der Waals surface area contributed by atoms with E-state index in [1.165, 1.54) is 103 Å². The Morgan fingerprint density at radius 2 is 1.16 bits per heavy atom. The van der Waals surface area contributed by atoms with Crippen LogP contribution in [0.3, 0.4) is 0 Å². The number of rotatable bonds is 28. The number of hydrogen-bond acceptors (Lipinski definition) is 6. The topological polar surface area (TPSA) is 74.2 Å². The largest absolute Gasteiger partial charge is 0.508 e. The van der Waals surface area contributed by atoms with Crippen LogP contribution in [0.25, 0.3) is 0 Å².